The third-order valence-corrected chi connectivity index (χ3v) is 6.60. The van der Waals surface area contributed by atoms with Crippen molar-refractivity contribution in [3.63, 3.8) is 0 Å². The van der Waals surface area contributed by atoms with Crippen molar-refractivity contribution in [3.05, 3.63) is 105 Å². The minimum Gasteiger partial charge on any atom is -0.507 e. The van der Waals surface area contributed by atoms with E-state index < -0.39 is 11.9 Å². The highest BCUT2D eigenvalue weighted by Gasteiger charge is 2.43. The third kappa shape index (κ3) is 3.47. The van der Waals surface area contributed by atoms with Gasteiger partial charge >= 0.3 is 0 Å². The standard InChI is InChI=1S/C26H21ClFN3O2/c1-14-11-18(21(32)12-15(14)2)23-22-24(30-29-23)26(33)31(13-16-7-3-5-9-19(16)27)25(22)17-8-4-6-10-20(17)28/h3-12,25,32H,13H2,1-2H3,(H,29,30). The lowest BCUT2D eigenvalue weighted by Crippen LogP contribution is -2.29. The average Bonchev–Trinajstić information content (AvgIpc) is 3.32. The van der Waals surface area contributed by atoms with Gasteiger partial charge in [-0.25, -0.2) is 4.39 Å². The molecule has 166 valence electrons. The first-order valence-electron chi connectivity index (χ1n) is 10.5. The molecule has 7 heteroatoms. The number of hydrogen-bond donors (Lipinski definition) is 2. The third-order valence-electron chi connectivity index (χ3n) is 6.23. The Morgan fingerprint density at radius 1 is 1.09 bits per heavy atom. The Morgan fingerprint density at radius 3 is 2.55 bits per heavy atom. The maximum atomic E-state index is 15.0. The summed E-state index contributed by atoms with van der Waals surface area (Å²) in [4.78, 5) is 15.1. The molecular weight excluding hydrogens is 441 g/mol. The van der Waals surface area contributed by atoms with Gasteiger partial charge in [-0.2, -0.15) is 5.10 Å². The summed E-state index contributed by atoms with van der Waals surface area (Å²) >= 11 is 6.38. The van der Waals surface area contributed by atoms with Gasteiger partial charge in [-0.05, 0) is 54.8 Å². The van der Waals surface area contributed by atoms with E-state index in [4.69, 9.17) is 11.6 Å². The summed E-state index contributed by atoms with van der Waals surface area (Å²) in [5.41, 5.74) is 4.74. The Hall–Kier alpha value is -3.64. The molecule has 1 amide bonds. The van der Waals surface area contributed by atoms with Gasteiger partial charge in [0.25, 0.3) is 5.91 Å². The molecule has 1 aliphatic rings. The van der Waals surface area contributed by atoms with Gasteiger partial charge in [0.1, 0.15) is 23.0 Å². The average molecular weight is 462 g/mol. The van der Waals surface area contributed by atoms with Crippen molar-refractivity contribution in [2.24, 2.45) is 0 Å². The number of rotatable bonds is 4. The van der Waals surface area contributed by atoms with Crippen LogP contribution in [-0.2, 0) is 6.54 Å². The molecule has 2 N–H and O–H groups in total. The van der Waals surface area contributed by atoms with Crippen LogP contribution in [0.25, 0.3) is 11.3 Å². The molecule has 0 aliphatic carbocycles. The summed E-state index contributed by atoms with van der Waals surface area (Å²) in [6, 6.07) is 16.4. The Labute approximate surface area is 195 Å². The molecule has 0 saturated heterocycles. The number of carbonyl (C=O) groups excluding carboxylic acids is 1. The Morgan fingerprint density at radius 2 is 1.79 bits per heavy atom. The summed E-state index contributed by atoms with van der Waals surface area (Å²) in [5, 5.41) is 18.4. The second kappa shape index (κ2) is 8.05. The SMILES string of the molecule is Cc1cc(O)c(-c2n[nH]c3c2C(c2ccccc2F)N(Cc2ccccc2Cl)C3=O)cc1C. The van der Waals surface area contributed by atoms with Crippen molar-refractivity contribution in [3.8, 4) is 17.0 Å². The predicted molar refractivity (Wildman–Crippen MR) is 125 cm³/mol. The number of aromatic amines is 1. The molecule has 0 saturated carbocycles. The number of phenolic OH excluding ortho intramolecular Hbond substituents is 1. The highest BCUT2D eigenvalue weighted by atomic mass is 35.5. The molecule has 5 nitrogen and oxygen atoms in total. The van der Waals surface area contributed by atoms with Gasteiger partial charge in [0.15, 0.2) is 0 Å². The van der Waals surface area contributed by atoms with Crippen LogP contribution < -0.4 is 0 Å². The second-order valence-corrected chi connectivity index (χ2v) is 8.67. The monoisotopic (exact) mass is 461 g/mol. The molecule has 1 atom stereocenters. The summed E-state index contributed by atoms with van der Waals surface area (Å²) in [6.07, 6.45) is 0. The first-order chi connectivity index (χ1) is 15.9. The number of amides is 1. The zero-order valence-corrected chi connectivity index (χ0v) is 18.8. The Bertz CT molecular complexity index is 1400. The maximum absolute atomic E-state index is 15.0. The van der Waals surface area contributed by atoms with Crippen LogP contribution >= 0.6 is 11.6 Å². The zero-order chi connectivity index (χ0) is 23.3. The van der Waals surface area contributed by atoms with Crippen LogP contribution in [0.1, 0.15) is 44.3 Å². The summed E-state index contributed by atoms with van der Waals surface area (Å²) < 4.78 is 15.0. The van der Waals surface area contributed by atoms with Crippen molar-refractivity contribution in [2.75, 3.05) is 0 Å². The number of hydrogen-bond acceptors (Lipinski definition) is 3. The Kier molecular flexibility index (Phi) is 5.17. The molecule has 5 rings (SSSR count). The molecule has 33 heavy (non-hydrogen) atoms. The van der Waals surface area contributed by atoms with Crippen LogP contribution in [0.3, 0.4) is 0 Å². The van der Waals surface area contributed by atoms with E-state index in [1.54, 1.807) is 35.2 Å². The van der Waals surface area contributed by atoms with Crippen LogP contribution in [0.5, 0.6) is 5.75 Å². The first kappa shape index (κ1) is 21.2. The van der Waals surface area contributed by atoms with Crippen LogP contribution in [0.15, 0.2) is 60.7 Å². The number of phenols is 1. The van der Waals surface area contributed by atoms with E-state index in [1.807, 2.05) is 38.1 Å². The van der Waals surface area contributed by atoms with Crippen molar-refractivity contribution < 1.29 is 14.3 Å². The van der Waals surface area contributed by atoms with Gasteiger partial charge < -0.3 is 10.0 Å². The van der Waals surface area contributed by atoms with Gasteiger partial charge in [0, 0.05) is 28.3 Å². The van der Waals surface area contributed by atoms with Gasteiger partial charge in [0.2, 0.25) is 0 Å². The zero-order valence-electron chi connectivity index (χ0n) is 18.1. The van der Waals surface area contributed by atoms with Crippen molar-refractivity contribution >= 4 is 17.5 Å². The number of aromatic hydroxyl groups is 1. The molecule has 2 heterocycles. The van der Waals surface area contributed by atoms with Crippen LogP contribution in [0, 0.1) is 19.7 Å². The van der Waals surface area contributed by atoms with E-state index >= 15 is 4.39 Å². The quantitative estimate of drug-likeness (QED) is 0.395. The van der Waals surface area contributed by atoms with Crippen molar-refractivity contribution in [1.29, 1.82) is 0 Å². The summed E-state index contributed by atoms with van der Waals surface area (Å²) in [7, 11) is 0. The van der Waals surface area contributed by atoms with E-state index in [0.29, 0.717) is 27.4 Å². The Balaban J connectivity index is 1.71. The van der Waals surface area contributed by atoms with Gasteiger partial charge in [-0.1, -0.05) is 48.0 Å². The minimum absolute atomic E-state index is 0.0525. The normalized spacial score (nSPS) is 15.2. The number of aromatic nitrogens is 2. The number of halogens is 2. The first-order valence-corrected chi connectivity index (χ1v) is 10.9. The lowest BCUT2D eigenvalue weighted by molar-refractivity contribution is 0.0728. The number of aryl methyl sites for hydroxylation is 2. The minimum atomic E-state index is -0.736. The lowest BCUT2D eigenvalue weighted by atomic mass is 9.94. The number of nitrogens with one attached hydrogen (secondary N) is 1. The van der Waals surface area contributed by atoms with Gasteiger partial charge in [0.05, 0.1) is 6.04 Å². The number of nitrogens with zero attached hydrogens (tertiary/aromatic N) is 2. The molecular formula is C26H21ClFN3O2. The molecule has 1 aromatic heterocycles. The fourth-order valence-corrected chi connectivity index (χ4v) is 4.58. The molecule has 4 aromatic rings. The summed E-state index contributed by atoms with van der Waals surface area (Å²) in [6.45, 7) is 4.04. The van der Waals surface area contributed by atoms with Crippen LogP contribution in [0.2, 0.25) is 5.02 Å². The largest absolute Gasteiger partial charge is 0.507 e. The fourth-order valence-electron chi connectivity index (χ4n) is 4.39. The number of benzene rings is 3. The molecule has 0 spiro atoms. The molecule has 0 fully saturated rings. The van der Waals surface area contributed by atoms with E-state index in [2.05, 4.69) is 10.2 Å². The molecule has 1 aliphatic heterocycles. The molecule has 1 unspecified atom stereocenters. The lowest BCUT2D eigenvalue weighted by Gasteiger charge is -2.27. The van der Waals surface area contributed by atoms with E-state index in [1.165, 1.54) is 6.07 Å². The van der Waals surface area contributed by atoms with E-state index in [9.17, 15) is 9.90 Å². The topological polar surface area (TPSA) is 69.2 Å². The number of H-pyrrole nitrogens is 1. The predicted octanol–water partition coefficient (Wildman–Crippen LogP) is 5.94. The van der Waals surface area contributed by atoms with E-state index in [0.717, 1.165) is 16.7 Å². The smallest absolute Gasteiger partial charge is 0.273 e. The molecule has 0 radical (unpaired) electrons. The van der Waals surface area contributed by atoms with Crippen molar-refractivity contribution in [1.82, 2.24) is 15.1 Å². The summed E-state index contributed by atoms with van der Waals surface area (Å²) in [5.74, 6) is -0.680. The van der Waals surface area contributed by atoms with Gasteiger partial charge in [-0.15, -0.1) is 0 Å². The van der Waals surface area contributed by atoms with E-state index in [-0.39, 0.29) is 23.9 Å². The van der Waals surface area contributed by atoms with Crippen LogP contribution in [0.4, 0.5) is 4.39 Å². The number of carbonyl (C=O) groups is 1. The van der Waals surface area contributed by atoms with Crippen LogP contribution in [-0.4, -0.2) is 26.1 Å². The second-order valence-electron chi connectivity index (χ2n) is 8.26. The number of fused-ring (bicyclic) bond motifs is 1. The highest BCUT2D eigenvalue weighted by Crippen LogP contribution is 2.46. The fraction of sp³-hybridized carbons (Fsp3) is 0.154. The van der Waals surface area contributed by atoms with Crippen molar-refractivity contribution in [2.45, 2.75) is 26.4 Å². The highest BCUT2D eigenvalue weighted by molar-refractivity contribution is 6.31. The molecule has 0 bridgehead atoms. The maximum Gasteiger partial charge on any atom is 0.273 e. The van der Waals surface area contributed by atoms with Gasteiger partial charge in [-0.3, -0.25) is 9.89 Å². The molecule has 3 aromatic carbocycles.